The van der Waals surface area contributed by atoms with Crippen LogP contribution in [-0.2, 0) is 17.9 Å². The van der Waals surface area contributed by atoms with E-state index in [1.165, 1.54) is 10.4 Å². The van der Waals surface area contributed by atoms with Gasteiger partial charge in [0.25, 0.3) is 0 Å². The first-order valence-corrected chi connectivity index (χ1v) is 8.64. The fraction of sp³-hybridized carbons (Fsp3) is 0.222. The summed E-state index contributed by atoms with van der Waals surface area (Å²) in [5, 5.41) is 12.3. The second-order valence-electron chi connectivity index (χ2n) is 5.89. The minimum absolute atomic E-state index is 0.0614. The lowest BCUT2D eigenvalue weighted by molar-refractivity contribution is -0.131. The molecule has 0 saturated carbocycles. The molecule has 0 aliphatic rings. The molecule has 0 N–H and O–H groups in total. The molecule has 0 radical (unpaired) electrons. The summed E-state index contributed by atoms with van der Waals surface area (Å²) >= 11 is 3.39. The number of halogens is 1. The van der Waals surface area contributed by atoms with Gasteiger partial charge in [0.15, 0.2) is 0 Å². The number of hydrogen-bond donors (Lipinski definition) is 0. The van der Waals surface area contributed by atoms with Gasteiger partial charge in [-0.1, -0.05) is 45.8 Å². The molecular weight excluding hydrogens is 382 g/mol. The molecule has 25 heavy (non-hydrogen) atoms. The van der Waals surface area contributed by atoms with Crippen molar-refractivity contribution in [3.05, 3.63) is 64.1 Å². The van der Waals surface area contributed by atoms with E-state index in [0.29, 0.717) is 12.4 Å². The maximum absolute atomic E-state index is 12.4. The largest absolute Gasteiger partial charge is 0.340 e. The summed E-state index contributed by atoms with van der Waals surface area (Å²) in [5.74, 6) is 0.432. The molecular formula is C18H18BrN5O. The van der Waals surface area contributed by atoms with Crippen molar-refractivity contribution in [2.75, 3.05) is 7.05 Å². The maximum atomic E-state index is 12.4. The van der Waals surface area contributed by atoms with E-state index in [0.717, 1.165) is 15.6 Å². The topological polar surface area (TPSA) is 63.9 Å². The molecule has 2 aromatic carbocycles. The van der Waals surface area contributed by atoms with E-state index in [4.69, 9.17) is 0 Å². The SMILES string of the molecule is Cc1ccc(CN(C)C(=O)Cn2nnc(-c3ccc(Br)cc3)n2)cc1. The van der Waals surface area contributed by atoms with Crippen LogP contribution in [-0.4, -0.2) is 38.1 Å². The lowest BCUT2D eigenvalue weighted by Crippen LogP contribution is -2.30. The number of nitrogens with zero attached hydrogens (tertiary/aromatic N) is 5. The van der Waals surface area contributed by atoms with Crippen LogP contribution in [0.1, 0.15) is 11.1 Å². The van der Waals surface area contributed by atoms with Crippen LogP contribution in [0.3, 0.4) is 0 Å². The van der Waals surface area contributed by atoms with Crippen LogP contribution in [0, 0.1) is 6.92 Å². The van der Waals surface area contributed by atoms with Crippen molar-refractivity contribution < 1.29 is 4.79 Å². The number of benzene rings is 2. The Morgan fingerprint density at radius 3 is 2.48 bits per heavy atom. The van der Waals surface area contributed by atoms with Crippen molar-refractivity contribution >= 4 is 21.8 Å². The molecule has 3 rings (SSSR count). The molecule has 0 atom stereocenters. The van der Waals surface area contributed by atoms with Gasteiger partial charge in [-0.05, 0) is 42.0 Å². The molecule has 1 amide bonds. The first kappa shape index (κ1) is 17.3. The maximum Gasteiger partial charge on any atom is 0.246 e. The third-order valence-corrected chi connectivity index (χ3v) is 4.33. The van der Waals surface area contributed by atoms with Gasteiger partial charge in [0.05, 0.1) is 0 Å². The van der Waals surface area contributed by atoms with Crippen LogP contribution in [0.15, 0.2) is 53.0 Å². The van der Waals surface area contributed by atoms with Crippen LogP contribution in [0.5, 0.6) is 0 Å². The molecule has 3 aromatic rings. The third kappa shape index (κ3) is 4.51. The summed E-state index contributed by atoms with van der Waals surface area (Å²) in [7, 11) is 1.77. The highest BCUT2D eigenvalue weighted by Crippen LogP contribution is 2.17. The van der Waals surface area contributed by atoms with Crippen molar-refractivity contribution in [1.29, 1.82) is 0 Å². The number of carbonyl (C=O) groups excluding carboxylic acids is 1. The van der Waals surface area contributed by atoms with Gasteiger partial charge in [0.1, 0.15) is 6.54 Å². The lowest BCUT2D eigenvalue weighted by atomic mass is 10.1. The molecule has 0 saturated heterocycles. The number of amides is 1. The zero-order valence-electron chi connectivity index (χ0n) is 14.1. The number of rotatable bonds is 5. The average molecular weight is 400 g/mol. The Morgan fingerprint density at radius 1 is 1.12 bits per heavy atom. The summed E-state index contributed by atoms with van der Waals surface area (Å²) < 4.78 is 0.983. The van der Waals surface area contributed by atoms with Gasteiger partial charge in [0, 0.05) is 23.6 Å². The number of hydrogen-bond acceptors (Lipinski definition) is 4. The second-order valence-corrected chi connectivity index (χ2v) is 6.80. The smallest absolute Gasteiger partial charge is 0.246 e. The summed E-state index contributed by atoms with van der Waals surface area (Å²) in [6.07, 6.45) is 0. The number of aryl methyl sites for hydroxylation is 1. The highest BCUT2D eigenvalue weighted by Gasteiger charge is 2.13. The Bertz CT molecular complexity index is 858. The van der Waals surface area contributed by atoms with E-state index in [-0.39, 0.29) is 12.5 Å². The molecule has 7 heteroatoms. The Kier molecular flexibility index (Phi) is 5.23. The predicted octanol–water partition coefficient (Wildman–Crippen LogP) is 3.07. The average Bonchev–Trinajstić information content (AvgIpc) is 3.06. The Balaban J connectivity index is 1.62. The third-order valence-electron chi connectivity index (χ3n) is 3.80. The van der Waals surface area contributed by atoms with Crippen LogP contribution >= 0.6 is 15.9 Å². The van der Waals surface area contributed by atoms with Crippen molar-refractivity contribution in [1.82, 2.24) is 25.1 Å². The van der Waals surface area contributed by atoms with E-state index < -0.39 is 0 Å². The van der Waals surface area contributed by atoms with Crippen molar-refractivity contribution in [3.8, 4) is 11.4 Å². The van der Waals surface area contributed by atoms with Crippen molar-refractivity contribution in [2.45, 2.75) is 20.0 Å². The zero-order valence-corrected chi connectivity index (χ0v) is 15.6. The molecule has 0 unspecified atom stereocenters. The van der Waals surface area contributed by atoms with Crippen LogP contribution in [0.25, 0.3) is 11.4 Å². The standard InChI is InChI=1S/C18H18BrN5O/c1-13-3-5-14(6-4-13)11-23(2)17(25)12-24-21-18(20-22-24)15-7-9-16(19)10-8-15/h3-10H,11-12H2,1-2H3. The first-order valence-electron chi connectivity index (χ1n) is 7.84. The Labute approximate surface area is 154 Å². The molecule has 6 nitrogen and oxygen atoms in total. The number of likely N-dealkylation sites (N-methyl/N-ethyl adjacent to an activating group) is 1. The normalized spacial score (nSPS) is 10.7. The second kappa shape index (κ2) is 7.57. The van der Waals surface area contributed by atoms with Crippen LogP contribution in [0.4, 0.5) is 0 Å². The number of tetrazole rings is 1. The highest BCUT2D eigenvalue weighted by molar-refractivity contribution is 9.10. The molecule has 0 bridgehead atoms. The van der Waals surface area contributed by atoms with Gasteiger partial charge in [-0.15, -0.1) is 10.2 Å². The molecule has 0 spiro atoms. The minimum Gasteiger partial charge on any atom is -0.340 e. The molecule has 1 aromatic heterocycles. The van der Waals surface area contributed by atoms with Crippen molar-refractivity contribution in [3.63, 3.8) is 0 Å². The molecule has 1 heterocycles. The molecule has 128 valence electrons. The molecule has 0 fully saturated rings. The van der Waals surface area contributed by atoms with Gasteiger partial charge >= 0.3 is 0 Å². The summed E-state index contributed by atoms with van der Waals surface area (Å²) in [6, 6.07) is 15.8. The fourth-order valence-corrected chi connectivity index (χ4v) is 2.59. The van der Waals surface area contributed by atoms with Gasteiger partial charge < -0.3 is 4.90 Å². The molecule has 0 aliphatic carbocycles. The van der Waals surface area contributed by atoms with Crippen LogP contribution in [0.2, 0.25) is 0 Å². The van der Waals surface area contributed by atoms with Gasteiger partial charge in [0.2, 0.25) is 11.7 Å². The van der Waals surface area contributed by atoms with Gasteiger partial charge in [-0.25, -0.2) is 0 Å². The predicted molar refractivity (Wildman–Crippen MR) is 98.6 cm³/mol. The van der Waals surface area contributed by atoms with E-state index in [1.54, 1.807) is 11.9 Å². The van der Waals surface area contributed by atoms with E-state index >= 15 is 0 Å². The fourth-order valence-electron chi connectivity index (χ4n) is 2.32. The summed E-state index contributed by atoms with van der Waals surface area (Å²) in [4.78, 5) is 15.4. The van der Waals surface area contributed by atoms with Gasteiger partial charge in [-0.2, -0.15) is 4.80 Å². The van der Waals surface area contributed by atoms with E-state index in [2.05, 4.69) is 31.3 Å². The minimum atomic E-state index is -0.0691. The quantitative estimate of drug-likeness (QED) is 0.661. The number of aromatic nitrogens is 4. The van der Waals surface area contributed by atoms with Crippen molar-refractivity contribution in [2.24, 2.45) is 0 Å². The Hall–Kier alpha value is -2.54. The number of carbonyl (C=O) groups is 1. The monoisotopic (exact) mass is 399 g/mol. The molecule has 0 aliphatic heterocycles. The van der Waals surface area contributed by atoms with E-state index in [9.17, 15) is 4.79 Å². The zero-order chi connectivity index (χ0) is 17.8. The Morgan fingerprint density at radius 2 is 1.80 bits per heavy atom. The van der Waals surface area contributed by atoms with Gasteiger partial charge in [-0.3, -0.25) is 4.79 Å². The highest BCUT2D eigenvalue weighted by atomic mass is 79.9. The summed E-state index contributed by atoms with van der Waals surface area (Å²) in [6.45, 7) is 2.65. The van der Waals surface area contributed by atoms with Crippen LogP contribution < -0.4 is 0 Å². The first-order chi connectivity index (χ1) is 12.0. The summed E-state index contributed by atoms with van der Waals surface area (Å²) in [5.41, 5.74) is 3.14. The lowest BCUT2D eigenvalue weighted by Gasteiger charge is -2.16. The van der Waals surface area contributed by atoms with E-state index in [1.807, 2.05) is 55.5 Å².